The molecule has 0 aromatic heterocycles. The normalized spacial score (nSPS) is 11.0. The summed E-state index contributed by atoms with van der Waals surface area (Å²) in [7, 11) is 0. The lowest BCUT2D eigenvalue weighted by atomic mass is 9.85. The van der Waals surface area contributed by atoms with Gasteiger partial charge in [0.15, 0.2) is 0 Å². The minimum Gasteiger partial charge on any atom is -0.0683 e. The highest BCUT2D eigenvalue weighted by Gasteiger charge is 2.17. The van der Waals surface area contributed by atoms with Gasteiger partial charge in [-0.3, -0.25) is 0 Å². The van der Waals surface area contributed by atoms with E-state index in [0.717, 1.165) is 0 Å². The molecule has 0 unspecified atom stereocenters. The van der Waals surface area contributed by atoms with E-state index >= 15 is 0 Å². The fourth-order valence-electron chi connectivity index (χ4n) is 8.18. The molecule has 0 saturated heterocycles. The zero-order valence-electron chi connectivity index (χ0n) is 31.8. The maximum atomic E-state index is 2.38. The van der Waals surface area contributed by atoms with Gasteiger partial charge in [-0.25, -0.2) is 0 Å². The van der Waals surface area contributed by atoms with Crippen molar-refractivity contribution in [1.82, 2.24) is 0 Å². The Hall–Kier alpha value is -7.02. The first-order valence-electron chi connectivity index (χ1n) is 19.7. The summed E-state index contributed by atoms with van der Waals surface area (Å²) in [6, 6.07) is 79.7. The van der Waals surface area contributed by atoms with Gasteiger partial charge in [-0.15, -0.1) is 0 Å². The van der Waals surface area contributed by atoms with Crippen LogP contribution >= 0.6 is 0 Å². The zero-order valence-corrected chi connectivity index (χ0v) is 31.8. The van der Waals surface area contributed by atoms with E-state index in [-0.39, 0.29) is 0 Å². The van der Waals surface area contributed by atoms with E-state index in [1.807, 2.05) is 13.8 Å². The summed E-state index contributed by atoms with van der Waals surface area (Å²) in [6.45, 7) is 4.00. The Morgan fingerprint density at radius 3 is 0.946 bits per heavy atom. The SMILES string of the molecule is CC.c1ccc(-c2cccc(-c3ccc(-c4ccc5ccc(-c6c7ccccc7c(-c7cccc(-c8ccccc8)c7)c7ccccc67)cc5c4)cc3)c2)cc1. The van der Waals surface area contributed by atoms with E-state index in [1.54, 1.807) is 0 Å². The van der Waals surface area contributed by atoms with Crippen LogP contribution in [0.15, 0.2) is 218 Å². The van der Waals surface area contributed by atoms with Gasteiger partial charge in [-0.2, -0.15) is 0 Å². The van der Waals surface area contributed by atoms with Crippen molar-refractivity contribution in [3.8, 4) is 66.8 Å². The van der Waals surface area contributed by atoms with Crippen LogP contribution in [0.3, 0.4) is 0 Å². The first kappa shape index (κ1) is 34.7. The van der Waals surface area contributed by atoms with Crippen LogP contribution in [-0.4, -0.2) is 0 Å². The van der Waals surface area contributed by atoms with Crippen molar-refractivity contribution in [3.63, 3.8) is 0 Å². The first-order chi connectivity index (χ1) is 27.8. The van der Waals surface area contributed by atoms with Crippen LogP contribution in [0, 0.1) is 0 Å². The van der Waals surface area contributed by atoms with Crippen LogP contribution in [0.25, 0.3) is 99.1 Å². The van der Waals surface area contributed by atoms with Gasteiger partial charge in [0.2, 0.25) is 0 Å². The van der Waals surface area contributed by atoms with E-state index < -0.39 is 0 Å². The average molecular weight is 715 g/mol. The molecule has 10 aromatic carbocycles. The molecule has 0 heterocycles. The van der Waals surface area contributed by atoms with Crippen molar-refractivity contribution in [2.24, 2.45) is 0 Å². The first-order valence-corrected chi connectivity index (χ1v) is 19.7. The molecule has 0 aliphatic heterocycles. The summed E-state index contributed by atoms with van der Waals surface area (Å²) in [5, 5.41) is 7.52. The largest absolute Gasteiger partial charge is 0.0683 e. The predicted octanol–water partition coefficient (Wildman–Crippen LogP) is 16.2. The molecule has 266 valence electrons. The molecule has 10 aromatic rings. The minimum absolute atomic E-state index is 1.21. The van der Waals surface area contributed by atoms with Gasteiger partial charge >= 0.3 is 0 Å². The third kappa shape index (κ3) is 6.57. The molecule has 0 aliphatic rings. The maximum Gasteiger partial charge on any atom is -0.00262 e. The topological polar surface area (TPSA) is 0 Å². The second-order valence-electron chi connectivity index (χ2n) is 14.1. The average Bonchev–Trinajstić information content (AvgIpc) is 3.29. The molecular formula is C56H42. The zero-order chi connectivity index (χ0) is 37.8. The molecule has 10 rings (SSSR count). The standard InChI is InChI=1S/C54H36.C2H6/c1-3-13-37(14-4-1)42-17-11-18-43(33-42)39-25-27-40(28-26-39)45-31-29-41-30-32-47(36-48(41)35-45)54-51-23-9-7-21-49(51)53(50-22-8-10-24-52(50)54)46-20-12-19-44(34-46)38-15-5-2-6-16-38;1-2/h1-36H;1-2H3. The summed E-state index contributed by atoms with van der Waals surface area (Å²) in [5.41, 5.74) is 14.8. The Balaban J connectivity index is 0.00000202. The lowest BCUT2D eigenvalue weighted by Gasteiger charge is -2.18. The Morgan fingerprint density at radius 1 is 0.196 bits per heavy atom. The van der Waals surface area contributed by atoms with Crippen LogP contribution in [0.4, 0.5) is 0 Å². The van der Waals surface area contributed by atoms with E-state index in [0.29, 0.717) is 0 Å². The van der Waals surface area contributed by atoms with Crippen molar-refractivity contribution in [3.05, 3.63) is 218 Å². The third-order valence-electron chi connectivity index (χ3n) is 10.8. The Labute approximate surface area is 330 Å². The summed E-state index contributed by atoms with van der Waals surface area (Å²) in [4.78, 5) is 0. The third-order valence-corrected chi connectivity index (χ3v) is 10.8. The van der Waals surface area contributed by atoms with Gasteiger partial charge in [0.25, 0.3) is 0 Å². The summed E-state index contributed by atoms with van der Waals surface area (Å²) in [6.07, 6.45) is 0. The minimum atomic E-state index is 1.21. The highest BCUT2D eigenvalue weighted by Crippen LogP contribution is 2.45. The number of hydrogen-bond donors (Lipinski definition) is 0. The van der Waals surface area contributed by atoms with Crippen molar-refractivity contribution < 1.29 is 0 Å². The van der Waals surface area contributed by atoms with Crippen molar-refractivity contribution >= 4 is 32.3 Å². The van der Waals surface area contributed by atoms with E-state index in [4.69, 9.17) is 0 Å². The molecule has 0 nitrogen and oxygen atoms in total. The lowest BCUT2D eigenvalue weighted by molar-refractivity contribution is 1.50. The highest BCUT2D eigenvalue weighted by atomic mass is 14.2. The monoisotopic (exact) mass is 714 g/mol. The van der Waals surface area contributed by atoms with Gasteiger partial charge in [-0.1, -0.05) is 208 Å². The molecule has 0 bridgehead atoms. The Bertz CT molecular complexity index is 2900. The molecule has 0 spiro atoms. The molecule has 0 heteroatoms. The van der Waals surface area contributed by atoms with E-state index in [9.17, 15) is 0 Å². The van der Waals surface area contributed by atoms with Gasteiger partial charge in [0.1, 0.15) is 0 Å². The smallest absolute Gasteiger partial charge is 0.00262 e. The second kappa shape index (κ2) is 15.4. The van der Waals surface area contributed by atoms with Crippen LogP contribution in [0.1, 0.15) is 13.8 Å². The summed E-state index contributed by atoms with van der Waals surface area (Å²) < 4.78 is 0. The van der Waals surface area contributed by atoms with Crippen molar-refractivity contribution in [2.75, 3.05) is 0 Å². The molecule has 0 N–H and O–H groups in total. The number of benzene rings is 10. The van der Waals surface area contributed by atoms with Gasteiger partial charge in [0.05, 0.1) is 0 Å². The number of hydrogen-bond acceptors (Lipinski definition) is 0. The lowest BCUT2D eigenvalue weighted by Crippen LogP contribution is -1.91. The molecule has 0 radical (unpaired) electrons. The van der Waals surface area contributed by atoms with Gasteiger partial charge in [0, 0.05) is 0 Å². The molecular weight excluding hydrogens is 673 g/mol. The van der Waals surface area contributed by atoms with Crippen LogP contribution < -0.4 is 0 Å². The number of fused-ring (bicyclic) bond motifs is 3. The fourth-order valence-corrected chi connectivity index (χ4v) is 8.18. The van der Waals surface area contributed by atoms with Crippen LogP contribution in [-0.2, 0) is 0 Å². The molecule has 0 atom stereocenters. The van der Waals surface area contributed by atoms with E-state index in [2.05, 4.69) is 218 Å². The van der Waals surface area contributed by atoms with Crippen molar-refractivity contribution in [2.45, 2.75) is 13.8 Å². The number of rotatable bonds is 6. The molecule has 0 fully saturated rings. The maximum absolute atomic E-state index is 2.38. The Kier molecular flexibility index (Phi) is 9.54. The van der Waals surface area contributed by atoms with Gasteiger partial charge in [-0.05, 0) is 123 Å². The molecule has 0 aliphatic carbocycles. The predicted molar refractivity (Wildman–Crippen MR) is 243 cm³/mol. The quantitative estimate of drug-likeness (QED) is 0.150. The van der Waals surface area contributed by atoms with Crippen molar-refractivity contribution in [1.29, 1.82) is 0 Å². The van der Waals surface area contributed by atoms with Crippen LogP contribution in [0.2, 0.25) is 0 Å². The van der Waals surface area contributed by atoms with E-state index in [1.165, 1.54) is 99.1 Å². The van der Waals surface area contributed by atoms with Gasteiger partial charge < -0.3 is 0 Å². The fraction of sp³-hybridized carbons (Fsp3) is 0.0357. The molecule has 0 saturated carbocycles. The summed E-state index contributed by atoms with van der Waals surface area (Å²) in [5.74, 6) is 0. The van der Waals surface area contributed by atoms with Crippen LogP contribution in [0.5, 0.6) is 0 Å². The Morgan fingerprint density at radius 2 is 0.482 bits per heavy atom. The molecule has 0 amide bonds. The highest BCUT2D eigenvalue weighted by molar-refractivity contribution is 6.21. The molecule has 56 heavy (non-hydrogen) atoms. The summed E-state index contributed by atoms with van der Waals surface area (Å²) >= 11 is 0. The second-order valence-corrected chi connectivity index (χ2v) is 14.1.